The molecule has 1 fully saturated rings. The third kappa shape index (κ3) is 3.26. The minimum Gasteiger partial charge on any atom is -0.478 e. The van der Waals surface area contributed by atoms with E-state index in [1.165, 1.54) is 0 Å². The summed E-state index contributed by atoms with van der Waals surface area (Å²) in [5.74, 6) is 0.579. The van der Waals surface area contributed by atoms with Crippen LogP contribution < -0.4 is 0 Å². The maximum atomic E-state index is 11.6. The van der Waals surface area contributed by atoms with Gasteiger partial charge >= 0.3 is 5.97 Å². The molecule has 0 radical (unpaired) electrons. The molecule has 1 N–H and O–H groups in total. The van der Waals surface area contributed by atoms with Gasteiger partial charge in [0.05, 0.1) is 11.4 Å². The minimum absolute atomic E-state index is 0.331. The minimum atomic E-state index is -0.814. The monoisotopic (exact) mass is 288 g/mol. The molecule has 0 amide bonds. The predicted octanol–water partition coefficient (Wildman–Crippen LogP) is 3.23. The highest BCUT2D eigenvalue weighted by molar-refractivity contribution is 5.90. The number of rotatable bonds is 2. The van der Waals surface area contributed by atoms with Crippen molar-refractivity contribution in [2.24, 2.45) is 4.99 Å². The van der Waals surface area contributed by atoms with E-state index in [4.69, 9.17) is 0 Å². The largest absolute Gasteiger partial charge is 0.478 e. The molecular weight excluding hydrogens is 264 g/mol. The molecular formula is C17H24N2O2. The van der Waals surface area contributed by atoms with E-state index in [1.807, 2.05) is 27.8 Å². The number of aliphatic imine (C=N–C) groups is 1. The van der Waals surface area contributed by atoms with Crippen LogP contribution >= 0.6 is 0 Å². The summed E-state index contributed by atoms with van der Waals surface area (Å²) in [6.45, 7) is 7.90. The van der Waals surface area contributed by atoms with Crippen molar-refractivity contribution in [1.82, 2.24) is 4.90 Å². The summed E-state index contributed by atoms with van der Waals surface area (Å²) in [6.07, 6.45) is 1.97. The van der Waals surface area contributed by atoms with E-state index in [0.717, 1.165) is 48.5 Å². The van der Waals surface area contributed by atoms with Gasteiger partial charge in [-0.15, -0.1) is 0 Å². The van der Waals surface area contributed by atoms with Gasteiger partial charge in [0.15, 0.2) is 0 Å². The van der Waals surface area contributed by atoms with Crippen LogP contribution in [0.5, 0.6) is 0 Å². The van der Waals surface area contributed by atoms with Crippen LogP contribution in [0.1, 0.15) is 52.7 Å². The third-order valence-corrected chi connectivity index (χ3v) is 4.45. The molecule has 114 valence electrons. The van der Waals surface area contributed by atoms with E-state index >= 15 is 0 Å². The Hall–Kier alpha value is -1.84. The number of likely N-dealkylation sites (tertiary alicyclic amines) is 1. The fourth-order valence-electron chi connectivity index (χ4n) is 3.33. The summed E-state index contributed by atoms with van der Waals surface area (Å²) < 4.78 is 0. The first-order valence-corrected chi connectivity index (χ1v) is 7.46. The van der Waals surface area contributed by atoms with Crippen LogP contribution in [-0.2, 0) is 0 Å². The number of carboxylic acids is 1. The van der Waals surface area contributed by atoms with Crippen molar-refractivity contribution in [1.29, 1.82) is 0 Å². The van der Waals surface area contributed by atoms with Gasteiger partial charge in [-0.3, -0.25) is 4.99 Å². The maximum absolute atomic E-state index is 11.6. The molecule has 0 aliphatic carbocycles. The van der Waals surface area contributed by atoms with Crippen molar-refractivity contribution in [3.05, 3.63) is 34.4 Å². The number of benzene rings is 1. The van der Waals surface area contributed by atoms with E-state index in [0.29, 0.717) is 11.5 Å². The Morgan fingerprint density at radius 3 is 2.43 bits per heavy atom. The molecule has 0 spiro atoms. The van der Waals surface area contributed by atoms with Crippen molar-refractivity contribution in [2.75, 3.05) is 20.1 Å². The molecule has 0 aromatic heterocycles. The van der Waals surface area contributed by atoms with Gasteiger partial charge in [-0.2, -0.15) is 0 Å². The second-order valence-corrected chi connectivity index (χ2v) is 5.88. The highest BCUT2D eigenvalue weighted by Gasteiger charge is 2.26. The number of hydrogen-bond donors (Lipinski definition) is 1. The van der Waals surface area contributed by atoms with Gasteiger partial charge in [-0.1, -0.05) is 6.07 Å². The zero-order chi connectivity index (χ0) is 15.6. The van der Waals surface area contributed by atoms with Crippen LogP contribution in [-0.4, -0.2) is 41.9 Å². The molecule has 0 saturated carbocycles. The average molecular weight is 288 g/mol. The summed E-state index contributed by atoms with van der Waals surface area (Å²) >= 11 is 0. The Labute approximate surface area is 126 Å². The van der Waals surface area contributed by atoms with Crippen molar-refractivity contribution in [3.63, 3.8) is 0 Å². The lowest BCUT2D eigenvalue weighted by Gasteiger charge is -2.34. The molecule has 2 rings (SSSR count). The van der Waals surface area contributed by atoms with Crippen LogP contribution in [0, 0.1) is 13.8 Å². The van der Waals surface area contributed by atoms with Crippen LogP contribution in [0.4, 0.5) is 0 Å². The van der Waals surface area contributed by atoms with Gasteiger partial charge in [0.2, 0.25) is 0 Å². The lowest BCUT2D eigenvalue weighted by Crippen LogP contribution is -2.37. The first-order chi connectivity index (χ1) is 9.93. The van der Waals surface area contributed by atoms with Crippen molar-refractivity contribution in [3.8, 4) is 0 Å². The summed E-state index contributed by atoms with van der Waals surface area (Å²) in [4.78, 5) is 18.1. The van der Waals surface area contributed by atoms with Gasteiger partial charge in [-0.25, -0.2) is 4.79 Å². The highest BCUT2D eigenvalue weighted by Crippen LogP contribution is 2.33. The Balaban J connectivity index is 2.26. The van der Waals surface area contributed by atoms with E-state index < -0.39 is 5.97 Å². The Kier molecular flexibility index (Phi) is 4.66. The maximum Gasteiger partial charge on any atom is 0.335 e. The average Bonchev–Trinajstić information content (AvgIpc) is 2.46. The Morgan fingerprint density at radius 1 is 1.29 bits per heavy atom. The van der Waals surface area contributed by atoms with Gasteiger partial charge in [0.1, 0.15) is 0 Å². The zero-order valence-corrected chi connectivity index (χ0v) is 13.3. The van der Waals surface area contributed by atoms with E-state index in [9.17, 15) is 9.90 Å². The quantitative estimate of drug-likeness (QED) is 0.671. The predicted molar refractivity (Wildman–Crippen MR) is 85.5 cm³/mol. The molecule has 0 bridgehead atoms. The number of hydrogen-bond acceptors (Lipinski definition) is 2. The SMILES string of the molecule is CN=C(C)N1CCC(c2c(C)cc(C)cc2C(=O)O)CC1. The second kappa shape index (κ2) is 6.29. The van der Waals surface area contributed by atoms with Crippen LogP contribution in [0.2, 0.25) is 0 Å². The van der Waals surface area contributed by atoms with Crippen LogP contribution in [0.3, 0.4) is 0 Å². The topological polar surface area (TPSA) is 52.9 Å². The van der Waals surface area contributed by atoms with Gasteiger partial charge in [0.25, 0.3) is 0 Å². The highest BCUT2D eigenvalue weighted by atomic mass is 16.4. The number of carboxylic acid groups (broad SMARTS) is 1. The number of aryl methyl sites for hydroxylation is 2. The standard InChI is InChI=1S/C17H24N2O2/c1-11-9-12(2)16(15(10-11)17(20)21)14-5-7-19(8-6-14)13(3)18-4/h9-10,14H,5-8H2,1-4H3,(H,20,21). The smallest absolute Gasteiger partial charge is 0.335 e. The molecule has 1 saturated heterocycles. The first kappa shape index (κ1) is 15.5. The second-order valence-electron chi connectivity index (χ2n) is 5.88. The summed E-state index contributed by atoms with van der Waals surface area (Å²) in [5, 5.41) is 9.49. The van der Waals surface area contributed by atoms with Crippen LogP contribution in [0.15, 0.2) is 17.1 Å². The zero-order valence-electron chi connectivity index (χ0n) is 13.3. The lowest BCUT2D eigenvalue weighted by molar-refractivity contribution is 0.0694. The normalized spacial score (nSPS) is 17.1. The van der Waals surface area contributed by atoms with E-state index in [1.54, 1.807) is 6.07 Å². The lowest BCUT2D eigenvalue weighted by atomic mass is 9.83. The van der Waals surface area contributed by atoms with E-state index in [2.05, 4.69) is 16.0 Å². The summed E-state index contributed by atoms with van der Waals surface area (Å²) in [7, 11) is 1.81. The molecule has 1 aromatic rings. The van der Waals surface area contributed by atoms with Crippen molar-refractivity contribution >= 4 is 11.8 Å². The van der Waals surface area contributed by atoms with Gasteiger partial charge in [0, 0.05) is 20.1 Å². The molecule has 4 nitrogen and oxygen atoms in total. The van der Waals surface area contributed by atoms with Gasteiger partial charge in [-0.05, 0) is 62.3 Å². The molecule has 1 aliphatic rings. The number of amidine groups is 1. The molecule has 4 heteroatoms. The molecule has 1 aliphatic heterocycles. The van der Waals surface area contributed by atoms with Crippen LogP contribution in [0.25, 0.3) is 0 Å². The summed E-state index contributed by atoms with van der Waals surface area (Å²) in [6, 6.07) is 3.89. The molecule has 21 heavy (non-hydrogen) atoms. The third-order valence-electron chi connectivity index (χ3n) is 4.45. The fraction of sp³-hybridized carbons (Fsp3) is 0.529. The summed E-state index contributed by atoms with van der Waals surface area (Å²) in [5.41, 5.74) is 3.62. The van der Waals surface area contributed by atoms with Gasteiger partial charge < -0.3 is 10.0 Å². The van der Waals surface area contributed by atoms with Crippen molar-refractivity contribution in [2.45, 2.75) is 39.5 Å². The Morgan fingerprint density at radius 2 is 1.90 bits per heavy atom. The molecule has 0 atom stereocenters. The number of carbonyl (C=O) groups is 1. The van der Waals surface area contributed by atoms with Crippen molar-refractivity contribution < 1.29 is 9.90 Å². The molecule has 0 unspecified atom stereocenters. The molecule has 1 heterocycles. The number of piperidine rings is 1. The number of aromatic carboxylic acids is 1. The van der Waals surface area contributed by atoms with E-state index in [-0.39, 0.29) is 0 Å². The first-order valence-electron chi connectivity index (χ1n) is 7.46. The fourth-order valence-corrected chi connectivity index (χ4v) is 3.33. The molecule has 1 aromatic carbocycles. The Bertz CT molecular complexity index is 570. The number of nitrogens with zero attached hydrogens (tertiary/aromatic N) is 2.